The Morgan fingerprint density at radius 3 is 2.75 bits per heavy atom. The van der Waals surface area contributed by atoms with Crippen molar-refractivity contribution in [1.29, 1.82) is 0 Å². The van der Waals surface area contributed by atoms with Crippen LogP contribution in [0.15, 0.2) is 30.6 Å². The van der Waals surface area contributed by atoms with E-state index in [1.165, 1.54) is 12.1 Å². The smallest absolute Gasteiger partial charge is 0.376 e. The second kappa shape index (κ2) is 5.75. The quantitative estimate of drug-likeness (QED) is 0.918. The molecule has 0 saturated carbocycles. The Morgan fingerprint density at radius 2 is 2.10 bits per heavy atom. The molecule has 108 valence electrons. The first-order chi connectivity index (χ1) is 9.43. The summed E-state index contributed by atoms with van der Waals surface area (Å²) in [6.45, 7) is 2.81. The molecule has 0 bridgehead atoms. The lowest BCUT2D eigenvalue weighted by Gasteiger charge is -2.16. The zero-order chi connectivity index (χ0) is 14.8. The van der Waals surface area contributed by atoms with E-state index in [0.717, 1.165) is 6.07 Å². The summed E-state index contributed by atoms with van der Waals surface area (Å²) in [6, 6.07) is 3.70. The Balaban J connectivity index is 2.25. The van der Waals surface area contributed by atoms with Gasteiger partial charge in [0.05, 0.1) is 22.8 Å². The van der Waals surface area contributed by atoms with Gasteiger partial charge in [-0.2, -0.15) is 13.2 Å². The standard InChI is InChI=1S/C13H13ClF3N3/c1-2-20-7-6-18-11(20)8-19-12-9(13(15,16)17)4-3-5-10(12)14/h3-7,19H,2,8H2,1H3. The number of hydrogen-bond acceptors (Lipinski definition) is 2. The van der Waals surface area contributed by atoms with Crippen molar-refractivity contribution in [3.8, 4) is 0 Å². The van der Waals surface area contributed by atoms with Crippen molar-refractivity contribution in [2.45, 2.75) is 26.2 Å². The third-order valence-corrected chi connectivity index (χ3v) is 3.20. The molecule has 2 rings (SSSR count). The molecule has 1 N–H and O–H groups in total. The molecule has 0 aliphatic rings. The molecule has 0 aliphatic carbocycles. The van der Waals surface area contributed by atoms with E-state index in [-0.39, 0.29) is 17.3 Å². The number of para-hydroxylation sites is 1. The number of aromatic nitrogens is 2. The van der Waals surface area contributed by atoms with Gasteiger partial charge < -0.3 is 9.88 Å². The Kier molecular flexibility index (Phi) is 4.23. The van der Waals surface area contributed by atoms with Gasteiger partial charge >= 0.3 is 6.18 Å². The van der Waals surface area contributed by atoms with Crippen molar-refractivity contribution in [3.05, 3.63) is 47.0 Å². The molecule has 0 unspecified atom stereocenters. The van der Waals surface area contributed by atoms with Crippen LogP contribution < -0.4 is 5.32 Å². The van der Waals surface area contributed by atoms with Crippen molar-refractivity contribution in [2.75, 3.05) is 5.32 Å². The van der Waals surface area contributed by atoms with Crippen LogP contribution in [0, 0.1) is 0 Å². The summed E-state index contributed by atoms with van der Waals surface area (Å²) in [7, 11) is 0. The van der Waals surface area contributed by atoms with Crippen LogP contribution in [0.2, 0.25) is 5.02 Å². The van der Waals surface area contributed by atoms with Gasteiger partial charge in [0.15, 0.2) is 0 Å². The topological polar surface area (TPSA) is 29.9 Å². The van der Waals surface area contributed by atoms with Gasteiger partial charge in [-0.1, -0.05) is 17.7 Å². The highest BCUT2D eigenvalue weighted by Crippen LogP contribution is 2.38. The number of alkyl halides is 3. The van der Waals surface area contributed by atoms with Crippen molar-refractivity contribution in [1.82, 2.24) is 9.55 Å². The summed E-state index contributed by atoms with van der Waals surface area (Å²) in [5.74, 6) is 0.653. The second-order valence-corrected chi connectivity index (χ2v) is 4.55. The van der Waals surface area contributed by atoms with E-state index in [2.05, 4.69) is 10.3 Å². The fraction of sp³-hybridized carbons (Fsp3) is 0.308. The van der Waals surface area contributed by atoms with Gasteiger partial charge in [-0.3, -0.25) is 0 Å². The van der Waals surface area contributed by atoms with Crippen LogP contribution >= 0.6 is 11.6 Å². The zero-order valence-electron chi connectivity index (χ0n) is 10.7. The minimum atomic E-state index is -4.45. The van der Waals surface area contributed by atoms with Gasteiger partial charge in [-0.05, 0) is 19.1 Å². The van der Waals surface area contributed by atoms with Crippen LogP contribution in [0.4, 0.5) is 18.9 Å². The first-order valence-electron chi connectivity index (χ1n) is 6.03. The molecule has 0 spiro atoms. The minimum Gasteiger partial charge on any atom is -0.376 e. The van der Waals surface area contributed by atoms with Gasteiger partial charge in [0.25, 0.3) is 0 Å². The van der Waals surface area contributed by atoms with Crippen molar-refractivity contribution in [3.63, 3.8) is 0 Å². The zero-order valence-corrected chi connectivity index (χ0v) is 11.5. The maximum atomic E-state index is 12.9. The number of hydrogen-bond donors (Lipinski definition) is 1. The average molecular weight is 304 g/mol. The Bertz CT molecular complexity index is 593. The Morgan fingerprint density at radius 1 is 1.35 bits per heavy atom. The number of imidazole rings is 1. The largest absolute Gasteiger partial charge is 0.418 e. The van der Waals surface area contributed by atoms with Gasteiger partial charge in [0.2, 0.25) is 0 Å². The normalized spacial score (nSPS) is 11.7. The number of halogens is 4. The molecule has 3 nitrogen and oxygen atoms in total. The number of benzene rings is 1. The number of anilines is 1. The van der Waals surface area contributed by atoms with Crippen LogP contribution in [0.3, 0.4) is 0 Å². The van der Waals surface area contributed by atoms with Gasteiger partial charge in [0.1, 0.15) is 5.82 Å². The highest BCUT2D eigenvalue weighted by atomic mass is 35.5. The number of nitrogens with one attached hydrogen (secondary N) is 1. The SMILES string of the molecule is CCn1ccnc1CNc1c(Cl)cccc1C(F)(F)F. The van der Waals surface area contributed by atoms with E-state index in [9.17, 15) is 13.2 Å². The Labute approximate surface area is 119 Å². The van der Waals surface area contributed by atoms with E-state index in [1.807, 2.05) is 11.5 Å². The van der Waals surface area contributed by atoms with E-state index < -0.39 is 11.7 Å². The van der Waals surface area contributed by atoms with E-state index >= 15 is 0 Å². The molecule has 1 aromatic carbocycles. The van der Waals surface area contributed by atoms with Crippen LogP contribution in [-0.4, -0.2) is 9.55 Å². The summed E-state index contributed by atoms with van der Waals surface area (Å²) < 4.78 is 40.6. The predicted molar refractivity (Wildman–Crippen MR) is 71.7 cm³/mol. The van der Waals surface area contributed by atoms with Gasteiger partial charge in [0, 0.05) is 18.9 Å². The fourth-order valence-electron chi connectivity index (χ4n) is 1.90. The van der Waals surface area contributed by atoms with Crippen molar-refractivity contribution in [2.24, 2.45) is 0 Å². The molecular formula is C13H13ClF3N3. The van der Waals surface area contributed by atoms with Crippen LogP contribution in [-0.2, 0) is 19.3 Å². The maximum Gasteiger partial charge on any atom is 0.418 e. The number of aryl methyl sites for hydroxylation is 1. The summed E-state index contributed by atoms with van der Waals surface area (Å²) in [4.78, 5) is 4.10. The van der Waals surface area contributed by atoms with Crippen LogP contribution in [0.5, 0.6) is 0 Å². The lowest BCUT2D eigenvalue weighted by molar-refractivity contribution is -0.136. The predicted octanol–water partition coefficient (Wildman–Crippen LogP) is 4.19. The highest BCUT2D eigenvalue weighted by molar-refractivity contribution is 6.33. The number of rotatable bonds is 4. The Hall–Kier alpha value is -1.69. The molecule has 1 heterocycles. The first kappa shape index (κ1) is 14.7. The third kappa shape index (κ3) is 3.07. The maximum absolute atomic E-state index is 12.9. The monoisotopic (exact) mass is 303 g/mol. The summed E-state index contributed by atoms with van der Waals surface area (Å²) in [5.41, 5.74) is -0.896. The average Bonchev–Trinajstić information content (AvgIpc) is 2.83. The summed E-state index contributed by atoms with van der Waals surface area (Å²) in [5, 5.41) is 2.77. The van der Waals surface area contributed by atoms with Crippen molar-refractivity contribution < 1.29 is 13.2 Å². The lowest BCUT2D eigenvalue weighted by atomic mass is 10.1. The lowest BCUT2D eigenvalue weighted by Crippen LogP contribution is -2.13. The van der Waals surface area contributed by atoms with Crippen molar-refractivity contribution >= 4 is 17.3 Å². The highest BCUT2D eigenvalue weighted by Gasteiger charge is 2.34. The molecule has 20 heavy (non-hydrogen) atoms. The molecule has 0 atom stereocenters. The van der Waals surface area contributed by atoms with E-state index in [0.29, 0.717) is 12.4 Å². The molecule has 0 radical (unpaired) electrons. The molecule has 0 saturated heterocycles. The van der Waals surface area contributed by atoms with E-state index in [4.69, 9.17) is 11.6 Å². The van der Waals surface area contributed by atoms with E-state index in [1.54, 1.807) is 12.4 Å². The fourth-order valence-corrected chi connectivity index (χ4v) is 2.14. The molecule has 7 heteroatoms. The third-order valence-electron chi connectivity index (χ3n) is 2.88. The second-order valence-electron chi connectivity index (χ2n) is 4.14. The molecule has 1 aromatic heterocycles. The molecule has 0 amide bonds. The summed E-state index contributed by atoms with van der Waals surface area (Å²) >= 11 is 5.86. The minimum absolute atomic E-state index is 0.0365. The van der Waals surface area contributed by atoms with Gasteiger partial charge in [-0.15, -0.1) is 0 Å². The van der Waals surface area contributed by atoms with Gasteiger partial charge in [-0.25, -0.2) is 4.98 Å². The van der Waals surface area contributed by atoms with Crippen LogP contribution in [0.1, 0.15) is 18.3 Å². The first-order valence-corrected chi connectivity index (χ1v) is 6.41. The van der Waals surface area contributed by atoms with Crippen LogP contribution in [0.25, 0.3) is 0 Å². The molecule has 2 aromatic rings. The number of nitrogens with zero attached hydrogens (tertiary/aromatic N) is 2. The molecular weight excluding hydrogens is 291 g/mol. The molecule has 0 fully saturated rings. The summed E-state index contributed by atoms with van der Waals surface area (Å²) in [6.07, 6.45) is -1.07. The molecule has 0 aliphatic heterocycles.